The number of hydrogen-bond acceptors (Lipinski definition) is 5. The molecule has 6 rings (SSSR count). The Labute approximate surface area is 244 Å². The number of pyridine rings is 1. The molecule has 3 nitrogen and oxygen atoms in total. The second kappa shape index (κ2) is 10.5. The van der Waals surface area contributed by atoms with Crippen LogP contribution in [0.1, 0.15) is 41.5 Å². The number of hydrogen-bond donors (Lipinski definition) is 1. The van der Waals surface area contributed by atoms with E-state index in [1.807, 2.05) is 70.4 Å². The van der Waals surface area contributed by atoms with Crippen LogP contribution >= 0.6 is 22.7 Å². The van der Waals surface area contributed by atoms with Crippen LogP contribution in [0.25, 0.3) is 51.2 Å². The first-order chi connectivity index (χ1) is 17.4. The summed E-state index contributed by atoms with van der Waals surface area (Å²) in [5.74, 6) is 0.104. The van der Waals surface area contributed by atoms with Gasteiger partial charge in [-0.05, 0) is 28.3 Å². The minimum atomic E-state index is -0.417. The van der Waals surface area contributed by atoms with Gasteiger partial charge in [0, 0.05) is 68.2 Å². The molecule has 0 unspecified atom stereocenters. The van der Waals surface area contributed by atoms with Gasteiger partial charge in [-0.1, -0.05) is 76.6 Å². The summed E-state index contributed by atoms with van der Waals surface area (Å²) >= 11 is 3.69. The number of rotatable bonds is 1. The molecule has 0 fully saturated rings. The Bertz CT molecular complexity index is 1830. The van der Waals surface area contributed by atoms with E-state index in [0.717, 1.165) is 16.3 Å². The fourth-order valence-electron chi connectivity index (χ4n) is 4.08. The van der Waals surface area contributed by atoms with Crippen LogP contribution in [0.5, 0.6) is 0 Å². The molecule has 3 aromatic carbocycles. The molecule has 3 aromatic heterocycles. The van der Waals surface area contributed by atoms with Crippen molar-refractivity contribution in [3.8, 4) is 0 Å². The Kier molecular flexibility index (Phi) is 7.84. The fourth-order valence-corrected chi connectivity index (χ4v) is 6.41. The van der Waals surface area contributed by atoms with Crippen LogP contribution < -0.4 is 0 Å². The van der Waals surface area contributed by atoms with Crippen molar-refractivity contribution in [2.24, 2.45) is 10.8 Å². The molecule has 0 atom stereocenters. The third-order valence-electron chi connectivity index (χ3n) is 6.36. The molecule has 1 N–H and O–H groups in total. The Morgan fingerprint density at radius 1 is 0.842 bits per heavy atom. The average molecular weight is 717 g/mol. The van der Waals surface area contributed by atoms with Crippen molar-refractivity contribution in [3.63, 3.8) is 0 Å². The van der Waals surface area contributed by atoms with E-state index in [2.05, 4.69) is 60.7 Å². The van der Waals surface area contributed by atoms with Crippen LogP contribution in [0.3, 0.4) is 0 Å². The van der Waals surface area contributed by atoms with Crippen molar-refractivity contribution in [3.05, 3.63) is 78.7 Å². The Morgan fingerprint density at radius 2 is 1.47 bits per heavy atom. The quantitative estimate of drug-likeness (QED) is 0.105. The summed E-state index contributed by atoms with van der Waals surface area (Å²) in [4.78, 5) is 16.2. The predicted octanol–water partition coefficient (Wildman–Crippen LogP) is 9.86. The molecule has 0 spiro atoms. The third kappa shape index (κ3) is 5.41. The number of fused-ring (bicyclic) bond motifs is 3. The largest absolute Gasteiger partial charge is 0.512 e. The zero-order valence-electron chi connectivity index (χ0n) is 22.3. The molecule has 0 aliphatic rings. The van der Waals surface area contributed by atoms with Crippen molar-refractivity contribution >= 4 is 79.7 Å². The van der Waals surface area contributed by atoms with Crippen LogP contribution in [0.2, 0.25) is 0 Å². The summed E-state index contributed by atoms with van der Waals surface area (Å²) in [5, 5.41) is 15.7. The third-order valence-corrected chi connectivity index (χ3v) is 8.58. The SMILES string of the molecule is CC(C)(C)C(=O)/C=C(\O)C(C)(C)C.[Ir].[c-]1c2ccccc2cc2sc3cccc4sc5ccnc(c12)c5c34. The van der Waals surface area contributed by atoms with Gasteiger partial charge in [-0.15, -0.1) is 34.9 Å². The maximum atomic E-state index is 11.5. The maximum Gasteiger partial charge on any atom is 0.164 e. The summed E-state index contributed by atoms with van der Waals surface area (Å²) in [6.45, 7) is 11.1. The number of nitrogens with zero attached hydrogens (tertiary/aromatic N) is 1. The van der Waals surface area contributed by atoms with Gasteiger partial charge in [0.2, 0.25) is 0 Å². The van der Waals surface area contributed by atoms with Gasteiger partial charge in [-0.3, -0.25) is 9.78 Å². The van der Waals surface area contributed by atoms with E-state index in [1.54, 1.807) is 0 Å². The van der Waals surface area contributed by atoms with Crippen molar-refractivity contribution in [2.45, 2.75) is 41.5 Å². The molecule has 1 radical (unpaired) electrons. The van der Waals surface area contributed by atoms with E-state index in [0.29, 0.717) is 0 Å². The summed E-state index contributed by atoms with van der Waals surface area (Å²) in [7, 11) is 0. The first-order valence-corrected chi connectivity index (χ1v) is 14.0. The first kappa shape index (κ1) is 28.4. The Balaban J connectivity index is 0.000000209. The fraction of sp³-hybridized carbons (Fsp3) is 0.250. The molecule has 6 heteroatoms. The molecule has 3 heterocycles. The normalized spacial score (nSPS) is 12.6. The standard InChI is InChI=1S/C21H10NS2.C11H20O2.Ir/c1-2-5-13-11-18-14(10-12(13)4-1)21-20-17(8-9-22-21)23-15-6-3-7-16(24-18)19(15)20;1-10(2,3)8(12)7-9(13)11(4,5)6;/h1-9,11H;7,12H,1-6H3;/q-1;;/b;8-7-;. The molecule has 38 heavy (non-hydrogen) atoms. The molecular formula is C32H30IrNO2S2-. The molecule has 197 valence electrons. The summed E-state index contributed by atoms with van der Waals surface area (Å²) in [6, 6.07) is 23.1. The number of carbonyl (C=O) groups is 1. The minimum Gasteiger partial charge on any atom is -0.512 e. The average Bonchev–Trinajstić information content (AvgIpc) is 3.16. The summed E-state index contributed by atoms with van der Waals surface area (Å²) < 4.78 is 5.19. The van der Waals surface area contributed by atoms with Gasteiger partial charge in [0.25, 0.3) is 0 Å². The molecule has 0 saturated heterocycles. The van der Waals surface area contributed by atoms with Crippen LogP contribution in [-0.2, 0) is 24.9 Å². The molecule has 0 aliphatic carbocycles. The number of benzene rings is 3. The van der Waals surface area contributed by atoms with Gasteiger partial charge in [0.05, 0.1) is 0 Å². The number of aliphatic hydroxyl groups excluding tert-OH is 1. The first-order valence-electron chi connectivity index (χ1n) is 12.3. The van der Waals surface area contributed by atoms with E-state index in [4.69, 9.17) is 4.98 Å². The topological polar surface area (TPSA) is 50.2 Å². The molecular weight excluding hydrogens is 687 g/mol. The van der Waals surface area contributed by atoms with Crippen molar-refractivity contribution in [1.29, 1.82) is 0 Å². The maximum absolute atomic E-state index is 11.5. The second-order valence-electron chi connectivity index (χ2n) is 11.4. The molecule has 0 aliphatic heterocycles. The van der Waals surface area contributed by atoms with Gasteiger partial charge in [-0.25, -0.2) is 0 Å². The molecule has 6 aromatic rings. The van der Waals surface area contributed by atoms with Crippen LogP contribution in [0.15, 0.2) is 72.6 Å². The summed E-state index contributed by atoms with van der Waals surface area (Å²) in [5.41, 5.74) is 0.303. The van der Waals surface area contributed by atoms with Crippen molar-refractivity contribution in [1.82, 2.24) is 4.98 Å². The Hall–Kier alpha value is -2.63. The minimum absolute atomic E-state index is 0. The van der Waals surface area contributed by atoms with Crippen LogP contribution in [-0.4, -0.2) is 15.9 Å². The van der Waals surface area contributed by atoms with E-state index in [1.165, 1.54) is 41.0 Å². The van der Waals surface area contributed by atoms with E-state index in [9.17, 15) is 9.90 Å². The molecule has 0 bridgehead atoms. The van der Waals surface area contributed by atoms with E-state index in [-0.39, 0.29) is 37.1 Å². The van der Waals surface area contributed by atoms with Gasteiger partial charge >= 0.3 is 0 Å². The smallest absolute Gasteiger partial charge is 0.164 e. The van der Waals surface area contributed by atoms with Gasteiger partial charge in [0.1, 0.15) is 5.76 Å². The number of aromatic nitrogens is 1. The van der Waals surface area contributed by atoms with Crippen molar-refractivity contribution in [2.75, 3.05) is 0 Å². The van der Waals surface area contributed by atoms with Gasteiger partial charge in [-0.2, -0.15) is 11.3 Å². The number of carbonyl (C=O) groups excluding carboxylic acids is 1. The van der Waals surface area contributed by atoms with E-state index < -0.39 is 5.41 Å². The predicted molar refractivity (Wildman–Crippen MR) is 161 cm³/mol. The van der Waals surface area contributed by atoms with E-state index >= 15 is 0 Å². The monoisotopic (exact) mass is 717 g/mol. The zero-order chi connectivity index (χ0) is 26.5. The number of thiophene rings is 1. The van der Waals surface area contributed by atoms with Crippen LogP contribution in [0, 0.1) is 16.9 Å². The number of aliphatic hydroxyl groups is 1. The van der Waals surface area contributed by atoms with Crippen LogP contribution in [0.4, 0.5) is 0 Å². The number of allylic oxidation sites excluding steroid dienone is 2. The molecule has 0 saturated carbocycles. The van der Waals surface area contributed by atoms with Gasteiger partial charge < -0.3 is 5.11 Å². The number of ketones is 1. The Morgan fingerprint density at radius 3 is 2.13 bits per heavy atom. The van der Waals surface area contributed by atoms with Crippen molar-refractivity contribution < 1.29 is 30.0 Å². The summed E-state index contributed by atoms with van der Waals surface area (Å²) in [6.07, 6.45) is 3.26. The van der Waals surface area contributed by atoms with Gasteiger partial charge in [0.15, 0.2) is 5.78 Å². The second-order valence-corrected chi connectivity index (χ2v) is 13.5. The molecule has 0 amide bonds. The zero-order valence-corrected chi connectivity index (χ0v) is 26.3.